The summed E-state index contributed by atoms with van der Waals surface area (Å²) in [7, 11) is 0. The maximum atomic E-state index is 13.8. The smallest absolute Gasteiger partial charge is 0.258 e. The molecule has 1 fully saturated rings. The molecule has 1 heterocycles. The predicted octanol–water partition coefficient (Wildman–Crippen LogP) is 3.23. The van der Waals surface area contributed by atoms with Gasteiger partial charge in [0.2, 0.25) is 0 Å². The molecule has 0 unspecified atom stereocenters. The van der Waals surface area contributed by atoms with Crippen molar-refractivity contribution in [2.24, 2.45) is 0 Å². The fraction of sp³-hybridized carbons (Fsp3) is 0.391. The van der Waals surface area contributed by atoms with Gasteiger partial charge in [-0.1, -0.05) is 18.2 Å². The molecule has 2 aromatic carbocycles. The Bertz CT molecular complexity index is 882. The van der Waals surface area contributed by atoms with E-state index in [1.54, 1.807) is 24.3 Å². The second-order valence-corrected chi connectivity index (χ2v) is 7.38. The van der Waals surface area contributed by atoms with Crippen molar-refractivity contribution in [2.75, 3.05) is 44.7 Å². The van der Waals surface area contributed by atoms with Crippen LogP contribution in [0.2, 0.25) is 0 Å². The van der Waals surface area contributed by atoms with Gasteiger partial charge >= 0.3 is 0 Å². The first-order valence-electron chi connectivity index (χ1n) is 10.3. The van der Waals surface area contributed by atoms with Crippen LogP contribution in [-0.2, 0) is 4.74 Å². The summed E-state index contributed by atoms with van der Waals surface area (Å²) in [5.74, 6) is -1.32. The van der Waals surface area contributed by atoms with E-state index in [0.717, 1.165) is 51.3 Å². The molecular weight excluding hydrogens is 385 g/mol. The van der Waals surface area contributed by atoms with Crippen LogP contribution in [-0.4, -0.2) is 56.1 Å². The quantitative estimate of drug-likeness (QED) is 0.652. The molecule has 1 aliphatic heterocycles. The first-order valence-corrected chi connectivity index (χ1v) is 10.3. The molecule has 6 nitrogen and oxygen atoms in total. The van der Waals surface area contributed by atoms with E-state index < -0.39 is 11.7 Å². The molecule has 0 bridgehead atoms. The number of rotatable bonds is 8. The third-order valence-electron chi connectivity index (χ3n) is 5.16. The summed E-state index contributed by atoms with van der Waals surface area (Å²) in [6, 6.07) is 10.9. The summed E-state index contributed by atoms with van der Waals surface area (Å²) in [6.07, 6.45) is 1.91. The van der Waals surface area contributed by atoms with Crippen molar-refractivity contribution in [3.63, 3.8) is 0 Å². The highest BCUT2D eigenvalue weighted by atomic mass is 19.1. The van der Waals surface area contributed by atoms with Gasteiger partial charge in [0.05, 0.1) is 18.8 Å². The molecule has 0 spiro atoms. The number of aryl methyl sites for hydroxylation is 1. The Hall–Kier alpha value is -2.77. The normalized spacial score (nSPS) is 14.3. The van der Waals surface area contributed by atoms with Crippen molar-refractivity contribution in [1.82, 2.24) is 10.2 Å². The number of benzene rings is 2. The molecule has 3 rings (SSSR count). The molecule has 2 aromatic rings. The highest BCUT2D eigenvalue weighted by molar-refractivity contribution is 6.05. The molecule has 1 saturated heterocycles. The minimum atomic E-state index is -0.585. The molecule has 0 aliphatic carbocycles. The van der Waals surface area contributed by atoms with E-state index in [9.17, 15) is 14.0 Å². The Kier molecular flexibility index (Phi) is 7.93. The van der Waals surface area contributed by atoms with Crippen molar-refractivity contribution in [1.29, 1.82) is 0 Å². The van der Waals surface area contributed by atoms with Crippen LogP contribution < -0.4 is 10.6 Å². The highest BCUT2D eigenvalue weighted by Gasteiger charge is 2.14. The third-order valence-corrected chi connectivity index (χ3v) is 5.16. The zero-order valence-electron chi connectivity index (χ0n) is 17.2. The summed E-state index contributed by atoms with van der Waals surface area (Å²) in [6.45, 7) is 6.95. The Balaban J connectivity index is 1.50. The van der Waals surface area contributed by atoms with Gasteiger partial charge in [0.15, 0.2) is 0 Å². The predicted molar refractivity (Wildman–Crippen MR) is 114 cm³/mol. The lowest BCUT2D eigenvalue weighted by Gasteiger charge is -2.26. The molecule has 0 saturated carbocycles. The van der Waals surface area contributed by atoms with Gasteiger partial charge in [-0.25, -0.2) is 4.39 Å². The first kappa shape index (κ1) is 21.9. The number of morpholine rings is 1. The summed E-state index contributed by atoms with van der Waals surface area (Å²) in [4.78, 5) is 27.2. The number of halogens is 1. The van der Waals surface area contributed by atoms with Gasteiger partial charge in [0.25, 0.3) is 11.8 Å². The molecule has 7 heteroatoms. The van der Waals surface area contributed by atoms with E-state index in [-0.39, 0.29) is 11.5 Å². The zero-order chi connectivity index (χ0) is 21.3. The van der Waals surface area contributed by atoms with E-state index in [4.69, 9.17) is 4.74 Å². The molecule has 1 aliphatic rings. The maximum absolute atomic E-state index is 13.8. The number of ether oxygens (including phenoxy) is 1. The van der Waals surface area contributed by atoms with Crippen LogP contribution in [0.25, 0.3) is 0 Å². The lowest BCUT2D eigenvalue weighted by atomic mass is 10.1. The fourth-order valence-electron chi connectivity index (χ4n) is 3.32. The second-order valence-electron chi connectivity index (χ2n) is 7.38. The van der Waals surface area contributed by atoms with E-state index in [2.05, 4.69) is 15.5 Å². The molecule has 0 aromatic heterocycles. The first-order chi connectivity index (χ1) is 14.5. The Morgan fingerprint density at radius 3 is 2.60 bits per heavy atom. The molecule has 0 radical (unpaired) electrons. The lowest BCUT2D eigenvalue weighted by molar-refractivity contribution is 0.0372. The number of carbonyl (C=O) groups excluding carboxylic acids is 2. The molecular formula is C23H28FN3O3. The molecule has 0 atom stereocenters. The lowest BCUT2D eigenvalue weighted by Crippen LogP contribution is -2.37. The van der Waals surface area contributed by atoms with Crippen molar-refractivity contribution in [3.05, 3.63) is 65.0 Å². The SMILES string of the molecule is Cc1ccc(C(=O)NCCCCN2CCOCC2)cc1NC(=O)c1ccccc1F. The second kappa shape index (κ2) is 10.8. The Labute approximate surface area is 176 Å². The van der Waals surface area contributed by atoms with Crippen molar-refractivity contribution in [2.45, 2.75) is 19.8 Å². The average Bonchev–Trinajstić information content (AvgIpc) is 2.76. The monoisotopic (exact) mass is 413 g/mol. The number of nitrogens with one attached hydrogen (secondary N) is 2. The number of amides is 2. The molecule has 30 heavy (non-hydrogen) atoms. The minimum absolute atomic E-state index is 0.0352. The number of hydrogen-bond donors (Lipinski definition) is 2. The Morgan fingerprint density at radius 1 is 1.07 bits per heavy atom. The largest absolute Gasteiger partial charge is 0.379 e. The topological polar surface area (TPSA) is 70.7 Å². The van der Waals surface area contributed by atoms with Gasteiger partial charge in [-0.15, -0.1) is 0 Å². The standard InChI is InChI=1S/C23H28FN3O3/c1-17-8-9-18(16-21(17)26-23(29)19-6-2-3-7-20(19)24)22(28)25-10-4-5-11-27-12-14-30-15-13-27/h2-3,6-9,16H,4-5,10-15H2,1H3,(H,25,28)(H,26,29). The summed E-state index contributed by atoms with van der Waals surface area (Å²) >= 11 is 0. The van der Waals surface area contributed by atoms with Crippen LogP contribution in [0.5, 0.6) is 0 Å². The molecule has 2 N–H and O–H groups in total. The molecule has 160 valence electrons. The summed E-state index contributed by atoms with van der Waals surface area (Å²) in [5, 5.41) is 5.62. The van der Waals surface area contributed by atoms with E-state index in [0.29, 0.717) is 17.8 Å². The third kappa shape index (κ3) is 6.11. The van der Waals surface area contributed by atoms with Crippen LogP contribution >= 0.6 is 0 Å². The van der Waals surface area contributed by atoms with Crippen LogP contribution in [0.4, 0.5) is 10.1 Å². The Morgan fingerprint density at radius 2 is 1.83 bits per heavy atom. The van der Waals surface area contributed by atoms with Gasteiger partial charge in [-0.05, 0) is 56.1 Å². The van der Waals surface area contributed by atoms with E-state index in [1.165, 1.54) is 18.2 Å². The average molecular weight is 413 g/mol. The van der Waals surface area contributed by atoms with E-state index >= 15 is 0 Å². The van der Waals surface area contributed by atoms with Crippen LogP contribution in [0.1, 0.15) is 39.1 Å². The van der Waals surface area contributed by atoms with Crippen molar-refractivity contribution >= 4 is 17.5 Å². The fourth-order valence-corrected chi connectivity index (χ4v) is 3.32. The zero-order valence-corrected chi connectivity index (χ0v) is 17.2. The maximum Gasteiger partial charge on any atom is 0.258 e. The van der Waals surface area contributed by atoms with Gasteiger partial charge in [-0.3, -0.25) is 14.5 Å². The van der Waals surface area contributed by atoms with Crippen LogP contribution in [0.15, 0.2) is 42.5 Å². The van der Waals surface area contributed by atoms with Crippen LogP contribution in [0.3, 0.4) is 0 Å². The number of carbonyl (C=O) groups is 2. The number of unbranched alkanes of at least 4 members (excludes halogenated alkanes) is 1. The van der Waals surface area contributed by atoms with Gasteiger partial charge in [0.1, 0.15) is 5.82 Å². The number of anilines is 1. The van der Waals surface area contributed by atoms with Crippen LogP contribution in [0, 0.1) is 12.7 Å². The summed E-state index contributed by atoms with van der Waals surface area (Å²) in [5.41, 5.74) is 1.70. The van der Waals surface area contributed by atoms with Gasteiger partial charge in [0, 0.05) is 30.9 Å². The summed E-state index contributed by atoms with van der Waals surface area (Å²) < 4.78 is 19.2. The number of hydrogen-bond acceptors (Lipinski definition) is 4. The van der Waals surface area contributed by atoms with E-state index in [1.807, 2.05) is 6.92 Å². The van der Waals surface area contributed by atoms with Crippen molar-refractivity contribution < 1.29 is 18.7 Å². The minimum Gasteiger partial charge on any atom is -0.379 e. The highest BCUT2D eigenvalue weighted by Crippen LogP contribution is 2.19. The molecule has 2 amide bonds. The van der Waals surface area contributed by atoms with Crippen molar-refractivity contribution in [3.8, 4) is 0 Å². The number of nitrogens with zero attached hydrogens (tertiary/aromatic N) is 1. The van der Waals surface area contributed by atoms with Gasteiger partial charge in [-0.2, -0.15) is 0 Å². The van der Waals surface area contributed by atoms with Gasteiger partial charge < -0.3 is 15.4 Å².